The number of ether oxygens (including phenoxy) is 1. The maximum Gasteiger partial charge on any atom is 0.346 e. The minimum absolute atomic E-state index is 0.0124. The van der Waals surface area contributed by atoms with Crippen molar-refractivity contribution in [2.45, 2.75) is 6.61 Å². The maximum atomic E-state index is 13.8. The Bertz CT molecular complexity index is 1410. The molecule has 0 saturated carbocycles. The Balaban J connectivity index is 1.80. The van der Waals surface area contributed by atoms with Crippen LogP contribution in [-0.4, -0.2) is 20.6 Å². The van der Waals surface area contributed by atoms with Gasteiger partial charge < -0.3 is 14.8 Å². The first-order chi connectivity index (χ1) is 14.4. The fraction of sp³-hybridized carbons (Fsp3) is 0.0500. The second-order valence-electron chi connectivity index (χ2n) is 6.22. The van der Waals surface area contributed by atoms with Gasteiger partial charge in [0.05, 0.1) is 21.6 Å². The molecule has 0 saturated heterocycles. The van der Waals surface area contributed by atoms with E-state index in [0.29, 0.717) is 5.56 Å². The molecule has 30 heavy (non-hydrogen) atoms. The molecule has 7 nitrogen and oxygen atoms in total. The summed E-state index contributed by atoms with van der Waals surface area (Å²) in [6.45, 7) is -0.0776. The van der Waals surface area contributed by atoms with Crippen molar-refractivity contribution in [1.29, 1.82) is 0 Å². The number of nitrogens with zero attached hydrogens (tertiary/aromatic N) is 1. The molecule has 0 radical (unpaired) electrons. The Hall–Kier alpha value is -3.43. The molecule has 4 aromatic rings. The Kier molecular flexibility index (Phi) is 5.15. The number of aromatic amines is 1. The molecule has 0 amide bonds. The number of halogens is 2. The van der Waals surface area contributed by atoms with Gasteiger partial charge in [-0.25, -0.2) is 18.5 Å². The van der Waals surface area contributed by atoms with Crippen LogP contribution >= 0.6 is 22.9 Å². The molecule has 0 aliphatic carbocycles. The molecule has 152 valence electrons. The van der Waals surface area contributed by atoms with Crippen LogP contribution in [0.15, 0.2) is 57.4 Å². The Morgan fingerprint density at radius 1 is 1.23 bits per heavy atom. The summed E-state index contributed by atoms with van der Waals surface area (Å²) in [5.41, 5.74) is -1.13. The zero-order valence-electron chi connectivity index (χ0n) is 15.0. The van der Waals surface area contributed by atoms with Crippen LogP contribution in [0.3, 0.4) is 0 Å². The molecule has 0 aliphatic rings. The molecule has 0 unspecified atom stereocenters. The molecule has 2 heterocycles. The number of carboxylic acid groups (broad SMARTS) is 1. The molecule has 2 N–H and O–H groups in total. The number of benzene rings is 2. The molecule has 2 aromatic carbocycles. The van der Waals surface area contributed by atoms with E-state index in [-0.39, 0.29) is 38.8 Å². The van der Waals surface area contributed by atoms with Gasteiger partial charge in [0.25, 0.3) is 5.56 Å². The first-order valence-electron chi connectivity index (χ1n) is 8.53. The van der Waals surface area contributed by atoms with Gasteiger partial charge in [0.1, 0.15) is 23.1 Å². The number of hydrogen-bond acceptors (Lipinski definition) is 5. The lowest BCUT2D eigenvalue weighted by molar-refractivity contribution is 0.0704. The molecular weight excluding hydrogens is 435 g/mol. The standard InChI is InChI=1S/C20H12ClFN2O5S/c21-12-6-5-11(29-8-10-3-1-2-4-13(10)22)7-15(12)24-18(25)16-14(23-20(24)28)9-30-17(16)19(26)27/h1-7,9H,8H2,(H,23,28)(H,26,27). The average Bonchev–Trinajstić information content (AvgIpc) is 3.13. The Morgan fingerprint density at radius 3 is 2.73 bits per heavy atom. The Morgan fingerprint density at radius 2 is 2.00 bits per heavy atom. The van der Waals surface area contributed by atoms with Gasteiger partial charge in [-0.1, -0.05) is 29.8 Å². The van der Waals surface area contributed by atoms with Crippen LogP contribution in [0.2, 0.25) is 5.02 Å². The quantitative estimate of drug-likeness (QED) is 0.485. The van der Waals surface area contributed by atoms with E-state index >= 15 is 0 Å². The van der Waals surface area contributed by atoms with Crippen molar-refractivity contribution in [3.05, 3.63) is 90.0 Å². The monoisotopic (exact) mass is 446 g/mol. The molecule has 2 aromatic heterocycles. The van der Waals surface area contributed by atoms with E-state index in [2.05, 4.69) is 4.98 Å². The van der Waals surface area contributed by atoms with E-state index in [1.165, 1.54) is 29.6 Å². The van der Waals surface area contributed by atoms with E-state index < -0.39 is 23.0 Å². The van der Waals surface area contributed by atoms with Crippen LogP contribution in [0.4, 0.5) is 4.39 Å². The molecular formula is C20H12ClFN2O5S. The minimum atomic E-state index is -1.28. The first-order valence-corrected chi connectivity index (χ1v) is 9.78. The largest absolute Gasteiger partial charge is 0.489 e. The minimum Gasteiger partial charge on any atom is -0.489 e. The predicted octanol–water partition coefficient (Wildman–Crippen LogP) is 3.81. The van der Waals surface area contributed by atoms with Crippen molar-refractivity contribution in [2.24, 2.45) is 0 Å². The number of carbonyl (C=O) groups is 1. The highest BCUT2D eigenvalue weighted by molar-refractivity contribution is 7.13. The molecule has 0 fully saturated rings. The third-order valence-electron chi connectivity index (χ3n) is 4.36. The normalized spacial score (nSPS) is 11.0. The van der Waals surface area contributed by atoms with Crippen molar-refractivity contribution >= 4 is 39.8 Å². The van der Waals surface area contributed by atoms with Crippen LogP contribution in [0.5, 0.6) is 5.75 Å². The van der Waals surface area contributed by atoms with Crippen molar-refractivity contribution in [3.63, 3.8) is 0 Å². The van der Waals surface area contributed by atoms with E-state index in [1.807, 2.05) is 0 Å². The number of aromatic carboxylic acids is 1. The van der Waals surface area contributed by atoms with E-state index in [9.17, 15) is 23.9 Å². The number of hydrogen-bond donors (Lipinski definition) is 2. The summed E-state index contributed by atoms with van der Waals surface area (Å²) in [7, 11) is 0. The number of fused-ring (bicyclic) bond motifs is 1. The second-order valence-corrected chi connectivity index (χ2v) is 7.51. The highest BCUT2D eigenvalue weighted by Crippen LogP contribution is 2.26. The predicted molar refractivity (Wildman–Crippen MR) is 111 cm³/mol. The fourth-order valence-corrected chi connectivity index (χ4v) is 3.97. The number of thiophene rings is 1. The highest BCUT2D eigenvalue weighted by atomic mass is 35.5. The van der Waals surface area contributed by atoms with Crippen molar-refractivity contribution < 1.29 is 19.0 Å². The summed E-state index contributed by atoms with van der Waals surface area (Å²) in [6.07, 6.45) is 0. The summed E-state index contributed by atoms with van der Waals surface area (Å²) >= 11 is 7.04. The topological polar surface area (TPSA) is 101 Å². The van der Waals surface area contributed by atoms with Crippen LogP contribution in [0, 0.1) is 5.82 Å². The number of aromatic nitrogens is 2. The molecule has 10 heteroatoms. The van der Waals surface area contributed by atoms with E-state index in [0.717, 1.165) is 15.9 Å². The first kappa shape index (κ1) is 19.9. The summed E-state index contributed by atoms with van der Waals surface area (Å²) in [5, 5.41) is 10.7. The number of H-pyrrole nitrogens is 1. The van der Waals surface area contributed by atoms with Gasteiger partial charge in [0, 0.05) is 17.0 Å². The van der Waals surface area contributed by atoms with E-state index in [4.69, 9.17) is 16.3 Å². The lowest BCUT2D eigenvalue weighted by Crippen LogP contribution is -2.34. The zero-order chi connectivity index (χ0) is 21.4. The van der Waals surface area contributed by atoms with Gasteiger partial charge in [0.15, 0.2) is 0 Å². The summed E-state index contributed by atoms with van der Waals surface area (Å²) in [5.74, 6) is -1.46. The lowest BCUT2D eigenvalue weighted by atomic mass is 10.2. The average molecular weight is 447 g/mol. The van der Waals surface area contributed by atoms with E-state index in [1.54, 1.807) is 18.2 Å². The van der Waals surface area contributed by atoms with Crippen LogP contribution in [-0.2, 0) is 6.61 Å². The SMILES string of the molecule is O=C(O)c1scc2[nH]c(=O)n(-c3cc(OCc4ccccc4F)ccc3Cl)c(=O)c12. The van der Waals surface area contributed by atoms with Crippen LogP contribution in [0.25, 0.3) is 16.6 Å². The summed E-state index contributed by atoms with van der Waals surface area (Å²) in [4.78, 5) is 39.2. The van der Waals surface area contributed by atoms with Gasteiger partial charge >= 0.3 is 11.7 Å². The molecule has 0 spiro atoms. The summed E-state index contributed by atoms with van der Waals surface area (Å²) < 4.78 is 20.1. The summed E-state index contributed by atoms with van der Waals surface area (Å²) in [6, 6.07) is 10.4. The van der Waals surface area contributed by atoms with Gasteiger partial charge in [-0.15, -0.1) is 11.3 Å². The highest BCUT2D eigenvalue weighted by Gasteiger charge is 2.20. The Labute approximate surface area is 176 Å². The smallest absolute Gasteiger partial charge is 0.346 e. The van der Waals surface area contributed by atoms with Gasteiger partial charge in [-0.05, 0) is 18.2 Å². The number of carboxylic acids is 1. The fourth-order valence-electron chi connectivity index (χ4n) is 2.94. The molecule has 4 rings (SSSR count). The van der Waals surface area contributed by atoms with Crippen molar-refractivity contribution in [2.75, 3.05) is 0 Å². The zero-order valence-corrected chi connectivity index (χ0v) is 16.6. The second kappa shape index (κ2) is 7.77. The molecule has 0 bridgehead atoms. The van der Waals surface area contributed by atoms with Gasteiger partial charge in [-0.3, -0.25) is 4.79 Å². The lowest BCUT2D eigenvalue weighted by Gasteiger charge is -2.11. The van der Waals surface area contributed by atoms with Crippen LogP contribution < -0.4 is 16.0 Å². The van der Waals surface area contributed by atoms with Crippen molar-refractivity contribution in [3.8, 4) is 11.4 Å². The third kappa shape index (κ3) is 3.49. The number of nitrogens with one attached hydrogen (secondary N) is 1. The van der Waals surface area contributed by atoms with Gasteiger partial charge in [-0.2, -0.15) is 0 Å². The van der Waals surface area contributed by atoms with Crippen LogP contribution in [0.1, 0.15) is 15.2 Å². The maximum absolute atomic E-state index is 13.8. The molecule has 0 aliphatic heterocycles. The number of rotatable bonds is 5. The van der Waals surface area contributed by atoms with Gasteiger partial charge in [0.2, 0.25) is 0 Å². The molecule has 0 atom stereocenters. The van der Waals surface area contributed by atoms with Crippen molar-refractivity contribution in [1.82, 2.24) is 9.55 Å². The third-order valence-corrected chi connectivity index (χ3v) is 5.65.